The number of hydrogen-bond acceptors (Lipinski definition) is 7. The van der Waals surface area contributed by atoms with Gasteiger partial charge < -0.3 is 19.3 Å². The maximum atomic E-state index is 9.66. The van der Waals surface area contributed by atoms with Gasteiger partial charge in [0, 0.05) is 17.8 Å². The summed E-state index contributed by atoms with van der Waals surface area (Å²) in [6.45, 7) is 0.468. The van der Waals surface area contributed by atoms with Gasteiger partial charge in [0.15, 0.2) is 11.5 Å². The zero-order chi connectivity index (χ0) is 18.1. The summed E-state index contributed by atoms with van der Waals surface area (Å²) in [5.41, 5.74) is 2.65. The molecule has 1 aliphatic heterocycles. The van der Waals surface area contributed by atoms with E-state index in [1.807, 2.05) is 18.2 Å². The van der Waals surface area contributed by atoms with Gasteiger partial charge in [0.05, 0.1) is 24.8 Å². The Bertz CT molecular complexity index is 997. The van der Waals surface area contributed by atoms with Crippen molar-refractivity contribution in [2.24, 2.45) is 4.99 Å². The molecule has 0 atom stereocenters. The van der Waals surface area contributed by atoms with Crippen LogP contribution >= 0.6 is 11.3 Å². The fourth-order valence-corrected chi connectivity index (χ4v) is 3.53. The first-order chi connectivity index (χ1) is 12.7. The van der Waals surface area contributed by atoms with E-state index >= 15 is 0 Å². The molecule has 4 rings (SSSR count). The lowest BCUT2D eigenvalue weighted by Crippen LogP contribution is -2.03. The van der Waals surface area contributed by atoms with Crippen molar-refractivity contribution in [1.82, 2.24) is 4.98 Å². The van der Waals surface area contributed by atoms with Gasteiger partial charge >= 0.3 is 0 Å². The molecule has 0 fully saturated rings. The van der Waals surface area contributed by atoms with Crippen molar-refractivity contribution in [1.29, 1.82) is 0 Å². The quantitative estimate of drug-likeness (QED) is 0.700. The van der Waals surface area contributed by atoms with Crippen LogP contribution in [0.5, 0.6) is 23.0 Å². The number of aromatic nitrogens is 1. The number of benzene rings is 2. The fourth-order valence-electron chi connectivity index (χ4n) is 2.70. The van der Waals surface area contributed by atoms with Crippen molar-refractivity contribution in [3.8, 4) is 34.3 Å². The van der Waals surface area contributed by atoms with E-state index < -0.39 is 0 Å². The van der Waals surface area contributed by atoms with Crippen LogP contribution in [0.2, 0.25) is 0 Å². The largest absolute Gasteiger partial charge is 0.504 e. The van der Waals surface area contributed by atoms with E-state index in [9.17, 15) is 5.11 Å². The molecule has 0 saturated carbocycles. The first-order valence-corrected chi connectivity index (χ1v) is 8.71. The lowest BCUT2D eigenvalue weighted by atomic mass is 10.1. The molecule has 7 heteroatoms. The molecular formula is C19H16N2O4S. The molecule has 0 saturated heterocycles. The lowest BCUT2D eigenvalue weighted by Gasteiger charge is -2.16. The van der Waals surface area contributed by atoms with Crippen LogP contribution in [0.25, 0.3) is 11.3 Å². The van der Waals surface area contributed by atoms with Crippen molar-refractivity contribution in [3.05, 3.63) is 46.8 Å². The summed E-state index contributed by atoms with van der Waals surface area (Å²) in [5.74, 6) is 2.02. The molecule has 1 aromatic heterocycles. The van der Waals surface area contributed by atoms with Crippen LogP contribution in [-0.4, -0.2) is 30.5 Å². The first-order valence-electron chi connectivity index (χ1n) is 7.90. The van der Waals surface area contributed by atoms with Gasteiger partial charge in [-0.25, -0.2) is 9.98 Å². The molecule has 2 heterocycles. The monoisotopic (exact) mass is 368 g/mol. The standard InChI is InChI=1S/C19H16N2O4S/c1-23-12-4-5-13-15(8-12)25-10-17-18(13)21-19(26-17)20-9-11-3-6-14(22)16(7-11)24-2/h3-9,22H,10H2,1-2H3. The third-order valence-electron chi connectivity index (χ3n) is 4.02. The van der Waals surface area contributed by atoms with Crippen LogP contribution in [0.4, 0.5) is 5.13 Å². The summed E-state index contributed by atoms with van der Waals surface area (Å²) >= 11 is 1.50. The van der Waals surface area contributed by atoms with Crippen molar-refractivity contribution < 1.29 is 19.3 Å². The van der Waals surface area contributed by atoms with E-state index in [1.54, 1.807) is 31.5 Å². The number of aromatic hydroxyl groups is 1. The molecule has 1 N–H and O–H groups in total. The highest BCUT2D eigenvalue weighted by molar-refractivity contribution is 7.15. The van der Waals surface area contributed by atoms with Crippen LogP contribution in [0.3, 0.4) is 0 Å². The second kappa shape index (κ2) is 6.68. The molecule has 2 aromatic carbocycles. The SMILES string of the molecule is COc1ccc2c(c1)OCc1sc(N=Cc3ccc(O)c(OC)c3)nc1-2. The summed E-state index contributed by atoms with van der Waals surface area (Å²) in [6, 6.07) is 10.8. The first kappa shape index (κ1) is 16.4. The predicted octanol–water partition coefficient (Wildman–Crippen LogP) is 4.18. The molecule has 0 bridgehead atoms. The molecule has 0 unspecified atom stereocenters. The van der Waals surface area contributed by atoms with Crippen LogP contribution < -0.4 is 14.2 Å². The summed E-state index contributed by atoms with van der Waals surface area (Å²) < 4.78 is 16.2. The van der Waals surface area contributed by atoms with E-state index in [0.29, 0.717) is 17.5 Å². The number of aliphatic imine (C=N–C) groups is 1. The molecule has 0 aliphatic carbocycles. The van der Waals surface area contributed by atoms with Crippen LogP contribution in [0, 0.1) is 0 Å². The number of nitrogens with zero attached hydrogens (tertiary/aromatic N) is 2. The molecular weight excluding hydrogens is 352 g/mol. The summed E-state index contributed by atoms with van der Waals surface area (Å²) in [4.78, 5) is 10.1. The number of hydrogen-bond donors (Lipinski definition) is 1. The Morgan fingerprint density at radius 3 is 2.88 bits per heavy atom. The molecule has 6 nitrogen and oxygen atoms in total. The Kier molecular flexibility index (Phi) is 4.22. The highest BCUT2D eigenvalue weighted by Crippen LogP contribution is 2.43. The number of rotatable bonds is 4. The molecule has 132 valence electrons. The third kappa shape index (κ3) is 2.97. The van der Waals surface area contributed by atoms with Crippen LogP contribution in [0.1, 0.15) is 10.4 Å². The number of phenolic OH excluding ortho intramolecular Hbond substituents is 1. The maximum absolute atomic E-state index is 9.66. The van der Waals surface area contributed by atoms with Gasteiger partial charge in [-0.1, -0.05) is 11.3 Å². The van der Waals surface area contributed by atoms with Crippen LogP contribution in [-0.2, 0) is 6.61 Å². The minimum Gasteiger partial charge on any atom is -0.504 e. The fraction of sp³-hybridized carbons (Fsp3) is 0.158. The van der Waals surface area contributed by atoms with E-state index in [2.05, 4.69) is 9.98 Å². The molecule has 0 amide bonds. The second-order valence-electron chi connectivity index (χ2n) is 5.61. The topological polar surface area (TPSA) is 73.2 Å². The number of thiazole rings is 1. The normalized spacial score (nSPS) is 12.4. The van der Waals surface area contributed by atoms with E-state index in [1.165, 1.54) is 18.4 Å². The Hall–Kier alpha value is -3.06. The zero-order valence-electron chi connectivity index (χ0n) is 14.2. The van der Waals surface area contributed by atoms with Gasteiger partial charge in [-0.3, -0.25) is 0 Å². The second-order valence-corrected chi connectivity index (χ2v) is 6.67. The van der Waals surface area contributed by atoms with Gasteiger partial charge in [0.1, 0.15) is 18.1 Å². The summed E-state index contributed by atoms with van der Waals surface area (Å²) in [5, 5.41) is 10.3. The number of ether oxygens (including phenoxy) is 3. The summed E-state index contributed by atoms with van der Waals surface area (Å²) in [6.07, 6.45) is 1.70. The Morgan fingerprint density at radius 1 is 1.19 bits per heavy atom. The van der Waals surface area contributed by atoms with Crippen molar-refractivity contribution in [3.63, 3.8) is 0 Å². The Morgan fingerprint density at radius 2 is 2.08 bits per heavy atom. The zero-order valence-corrected chi connectivity index (χ0v) is 15.0. The van der Waals surface area contributed by atoms with Gasteiger partial charge in [-0.05, 0) is 35.9 Å². The molecule has 26 heavy (non-hydrogen) atoms. The summed E-state index contributed by atoms with van der Waals surface area (Å²) in [7, 11) is 3.14. The lowest BCUT2D eigenvalue weighted by molar-refractivity contribution is 0.303. The smallest absolute Gasteiger partial charge is 0.210 e. The van der Waals surface area contributed by atoms with Crippen molar-refractivity contribution in [2.45, 2.75) is 6.61 Å². The number of phenols is 1. The van der Waals surface area contributed by atoms with E-state index in [4.69, 9.17) is 14.2 Å². The average Bonchev–Trinajstić information content (AvgIpc) is 3.10. The number of fused-ring (bicyclic) bond motifs is 3. The van der Waals surface area contributed by atoms with Gasteiger partial charge in [0.2, 0.25) is 5.13 Å². The van der Waals surface area contributed by atoms with Crippen molar-refractivity contribution in [2.75, 3.05) is 14.2 Å². The number of methoxy groups -OCH3 is 2. The Labute approximate surface area is 154 Å². The van der Waals surface area contributed by atoms with E-state index in [0.717, 1.165) is 33.2 Å². The maximum Gasteiger partial charge on any atom is 0.210 e. The third-order valence-corrected chi connectivity index (χ3v) is 4.95. The van der Waals surface area contributed by atoms with Gasteiger partial charge in [-0.2, -0.15) is 0 Å². The average molecular weight is 368 g/mol. The highest BCUT2D eigenvalue weighted by Gasteiger charge is 2.22. The van der Waals surface area contributed by atoms with E-state index in [-0.39, 0.29) is 5.75 Å². The van der Waals surface area contributed by atoms with Gasteiger partial charge in [0.25, 0.3) is 0 Å². The van der Waals surface area contributed by atoms with Crippen molar-refractivity contribution >= 4 is 22.7 Å². The molecule has 0 spiro atoms. The molecule has 3 aromatic rings. The van der Waals surface area contributed by atoms with Crippen LogP contribution in [0.15, 0.2) is 41.4 Å². The predicted molar refractivity (Wildman–Crippen MR) is 100 cm³/mol. The minimum absolute atomic E-state index is 0.0959. The minimum atomic E-state index is 0.0959. The Balaban J connectivity index is 1.63. The van der Waals surface area contributed by atoms with Gasteiger partial charge in [-0.15, -0.1) is 0 Å². The molecule has 0 radical (unpaired) electrons. The highest BCUT2D eigenvalue weighted by atomic mass is 32.1. The molecule has 1 aliphatic rings.